The van der Waals surface area contributed by atoms with E-state index in [9.17, 15) is 4.79 Å². The lowest BCUT2D eigenvalue weighted by molar-refractivity contribution is 0.0987. The van der Waals surface area contributed by atoms with Gasteiger partial charge in [-0.25, -0.2) is 0 Å². The van der Waals surface area contributed by atoms with E-state index in [0.717, 1.165) is 11.4 Å². The molecule has 0 unspecified atom stereocenters. The van der Waals surface area contributed by atoms with Crippen molar-refractivity contribution in [2.75, 3.05) is 0 Å². The Morgan fingerprint density at radius 2 is 1.85 bits per heavy atom. The first-order valence-corrected chi connectivity index (χ1v) is 6.24. The van der Waals surface area contributed by atoms with E-state index in [1.165, 1.54) is 11.0 Å². The molecular formula is C15H12N4O. The lowest BCUT2D eigenvalue weighted by atomic mass is 10.1. The molecule has 0 aliphatic rings. The van der Waals surface area contributed by atoms with E-state index < -0.39 is 0 Å². The third-order valence-corrected chi connectivity index (χ3v) is 2.83. The Morgan fingerprint density at radius 3 is 2.60 bits per heavy atom. The molecule has 2 aromatic heterocycles. The van der Waals surface area contributed by atoms with Gasteiger partial charge < -0.3 is 0 Å². The Balaban J connectivity index is 1.79. The molecule has 2 heterocycles. The molecule has 3 rings (SSSR count). The molecule has 0 atom stereocenters. The van der Waals surface area contributed by atoms with Crippen molar-refractivity contribution in [2.24, 2.45) is 0 Å². The van der Waals surface area contributed by atoms with Crippen molar-refractivity contribution in [1.82, 2.24) is 20.0 Å². The molecule has 5 heteroatoms. The molecule has 0 spiro atoms. The lowest BCUT2D eigenvalue weighted by Crippen LogP contribution is -2.07. The van der Waals surface area contributed by atoms with Crippen LogP contribution in [0.25, 0.3) is 5.69 Å². The Labute approximate surface area is 115 Å². The van der Waals surface area contributed by atoms with Gasteiger partial charge in [0.25, 0.3) is 0 Å². The summed E-state index contributed by atoms with van der Waals surface area (Å²) in [6, 6.07) is 15.0. The Kier molecular flexibility index (Phi) is 3.33. The molecule has 3 aromatic rings. The van der Waals surface area contributed by atoms with Gasteiger partial charge >= 0.3 is 0 Å². The van der Waals surface area contributed by atoms with Crippen molar-refractivity contribution in [2.45, 2.75) is 6.42 Å². The Morgan fingerprint density at radius 1 is 1.05 bits per heavy atom. The summed E-state index contributed by atoms with van der Waals surface area (Å²) < 4.78 is 0. The fraction of sp³-hybridized carbons (Fsp3) is 0.0667. The quantitative estimate of drug-likeness (QED) is 0.677. The van der Waals surface area contributed by atoms with E-state index in [1.54, 1.807) is 6.20 Å². The van der Waals surface area contributed by atoms with Crippen molar-refractivity contribution in [3.8, 4) is 5.69 Å². The average Bonchev–Trinajstić information content (AvgIpc) is 2.99. The third kappa shape index (κ3) is 2.61. The summed E-state index contributed by atoms with van der Waals surface area (Å²) in [7, 11) is 0. The van der Waals surface area contributed by atoms with Gasteiger partial charge in [-0.05, 0) is 24.3 Å². The van der Waals surface area contributed by atoms with Crippen LogP contribution in [-0.2, 0) is 6.42 Å². The summed E-state index contributed by atoms with van der Waals surface area (Å²) >= 11 is 0. The first-order chi connectivity index (χ1) is 9.83. The van der Waals surface area contributed by atoms with Gasteiger partial charge in [0.1, 0.15) is 5.69 Å². The topological polar surface area (TPSA) is 60.7 Å². The first kappa shape index (κ1) is 12.2. The van der Waals surface area contributed by atoms with Gasteiger partial charge in [0, 0.05) is 11.9 Å². The normalized spacial score (nSPS) is 10.4. The zero-order valence-corrected chi connectivity index (χ0v) is 10.7. The van der Waals surface area contributed by atoms with Crippen LogP contribution in [0.15, 0.2) is 60.9 Å². The van der Waals surface area contributed by atoms with Gasteiger partial charge in [-0.3, -0.25) is 9.78 Å². The van der Waals surface area contributed by atoms with Crippen LogP contribution in [0.3, 0.4) is 0 Å². The highest BCUT2D eigenvalue weighted by molar-refractivity contribution is 5.95. The van der Waals surface area contributed by atoms with E-state index >= 15 is 0 Å². The van der Waals surface area contributed by atoms with Gasteiger partial charge in [-0.15, -0.1) is 5.10 Å². The minimum absolute atomic E-state index is 0.0918. The largest absolute Gasteiger partial charge is 0.292 e. The van der Waals surface area contributed by atoms with E-state index in [2.05, 4.69) is 15.2 Å². The highest BCUT2D eigenvalue weighted by Gasteiger charge is 2.12. The maximum absolute atomic E-state index is 12.1. The number of carbonyl (C=O) groups excluding carboxylic acids is 1. The number of benzene rings is 1. The second-order valence-electron chi connectivity index (χ2n) is 4.28. The van der Waals surface area contributed by atoms with Crippen molar-refractivity contribution < 1.29 is 4.79 Å². The molecular weight excluding hydrogens is 252 g/mol. The Hall–Kier alpha value is -2.82. The van der Waals surface area contributed by atoms with Gasteiger partial charge in [0.2, 0.25) is 0 Å². The fourth-order valence-corrected chi connectivity index (χ4v) is 1.83. The zero-order valence-electron chi connectivity index (χ0n) is 10.7. The smallest absolute Gasteiger partial charge is 0.190 e. The zero-order chi connectivity index (χ0) is 13.8. The van der Waals surface area contributed by atoms with E-state index in [0.29, 0.717) is 5.69 Å². The molecule has 0 aliphatic carbocycles. The summed E-state index contributed by atoms with van der Waals surface area (Å²) in [5.41, 5.74) is 1.90. The maximum atomic E-state index is 12.1. The van der Waals surface area contributed by atoms with E-state index in [-0.39, 0.29) is 12.2 Å². The summed E-state index contributed by atoms with van der Waals surface area (Å²) in [6.07, 6.45) is 3.38. The molecule has 1 aromatic carbocycles. The van der Waals surface area contributed by atoms with Crippen molar-refractivity contribution in [1.29, 1.82) is 0 Å². The minimum Gasteiger partial charge on any atom is -0.292 e. The van der Waals surface area contributed by atoms with Crippen LogP contribution in [-0.4, -0.2) is 25.8 Å². The van der Waals surface area contributed by atoms with Gasteiger partial charge in [0.05, 0.1) is 18.3 Å². The van der Waals surface area contributed by atoms with Crippen LogP contribution in [0, 0.1) is 0 Å². The van der Waals surface area contributed by atoms with Gasteiger partial charge in [-0.2, -0.15) is 9.90 Å². The number of aromatic nitrogens is 4. The number of Topliss-reactive ketones (excluding diaryl/α,β-unsaturated/α-hetero) is 1. The lowest BCUT2D eigenvalue weighted by Gasteiger charge is -1.98. The second kappa shape index (κ2) is 5.44. The number of pyridine rings is 1. The number of para-hydroxylation sites is 1. The summed E-state index contributed by atoms with van der Waals surface area (Å²) in [6.45, 7) is 0. The minimum atomic E-state index is -0.0918. The third-order valence-electron chi connectivity index (χ3n) is 2.83. The number of rotatable bonds is 4. The van der Waals surface area contributed by atoms with Crippen LogP contribution < -0.4 is 0 Å². The predicted molar refractivity (Wildman–Crippen MR) is 73.6 cm³/mol. The van der Waals surface area contributed by atoms with Gasteiger partial charge in [0.15, 0.2) is 5.78 Å². The van der Waals surface area contributed by atoms with Crippen molar-refractivity contribution in [3.63, 3.8) is 0 Å². The van der Waals surface area contributed by atoms with Crippen LogP contribution in [0.5, 0.6) is 0 Å². The SMILES string of the molecule is O=C(Cc1ccccn1)c1cnn(-c2ccccc2)n1. The number of hydrogen-bond donors (Lipinski definition) is 0. The summed E-state index contributed by atoms with van der Waals surface area (Å²) in [4.78, 5) is 17.7. The first-order valence-electron chi connectivity index (χ1n) is 6.24. The fourth-order valence-electron chi connectivity index (χ4n) is 1.83. The molecule has 0 fully saturated rings. The van der Waals surface area contributed by atoms with Crippen LogP contribution in [0.4, 0.5) is 0 Å². The van der Waals surface area contributed by atoms with E-state index in [1.807, 2.05) is 48.5 Å². The molecule has 5 nitrogen and oxygen atoms in total. The molecule has 0 saturated heterocycles. The number of hydrogen-bond acceptors (Lipinski definition) is 4. The predicted octanol–water partition coefficient (Wildman–Crippen LogP) is 2.09. The molecule has 0 saturated carbocycles. The second-order valence-corrected chi connectivity index (χ2v) is 4.28. The molecule has 0 amide bonds. The average molecular weight is 264 g/mol. The van der Waals surface area contributed by atoms with Gasteiger partial charge in [-0.1, -0.05) is 24.3 Å². The van der Waals surface area contributed by atoms with Crippen LogP contribution in [0.1, 0.15) is 16.2 Å². The molecule has 20 heavy (non-hydrogen) atoms. The van der Waals surface area contributed by atoms with Crippen LogP contribution in [0.2, 0.25) is 0 Å². The summed E-state index contributed by atoms with van der Waals surface area (Å²) in [5.74, 6) is -0.0918. The number of ketones is 1. The number of carbonyl (C=O) groups is 1. The maximum Gasteiger partial charge on any atom is 0.190 e. The highest BCUT2D eigenvalue weighted by Crippen LogP contribution is 2.06. The number of nitrogens with zero attached hydrogens (tertiary/aromatic N) is 4. The van der Waals surface area contributed by atoms with Crippen molar-refractivity contribution in [3.05, 3.63) is 72.3 Å². The standard InChI is InChI=1S/C15H12N4O/c20-15(10-12-6-4-5-9-16-12)14-11-17-19(18-14)13-7-2-1-3-8-13/h1-9,11H,10H2. The Bertz CT molecular complexity index is 707. The molecule has 0 N–H and O–H groups in total. The molecule has 0 aliphatic heterocycles. The van der Waals surface area contributed by atoms with E-state index in [4.69, 9.17) is 0 Å². The summed E-state index contributed by atoms with van der Waals surface area (Å²) in [5, 5.41) is 8.32. The molecule has 98 valence electrons. The molecule has 0 bridgehead atoms. The molecule has 0 radical (unpaired) electrons. The van der Waals surface area contributed by atoms with Crippen molar-refractivity contribution >= 4 is 5.78 Å². The highest BCUT2D eigenvalue weighted by atomic mass is 16.1. The van der Waals surface area contributed by atoms with Crippen LogP contribution >= 0.6 is 0 Å². The monoisotopic (exact) mass is 264 g/mol.